The molecule has 2 amide bonds. The van der Waals surface area contributed by atoms with E-state index in [4.69, 9.17) is 12.2 Å². The average molecular weight is 304 g/mol. The van der Waals surface area contributed by atoms with Crippen molar-refractivity contribution < 1.29 is 21.8 Å². The van der Waals surface area contributed by atoms with Crippen molar-refractivity contribution in [3.8, 4) is 0 Å². The second-order valence-corrected chi connectivity index (χ2v) is 5.81. The summed E-state index contributed by atoms with van der Waals surface area (Å²) in [5.41, 5.74) is -0.0921. The van der Waals surface area contributed by atoms with Gasteiger partial charge in [-0.1, -0.05) is 20.8 Å². The maximum Gasteiger partial charge on any atom is 0.407 e. The lowest BCUT2D eigenvalue weighted by Crippen LogP contribution is -2.35. The fraction of sp³-hybridized carbons (Fsp3) is 0.867. The molecule has 21 heavy (non-hydrogen) atoms. The zero-order valence-corrected chi connectivity index (χ0v) is 13.4. The van der Waals surface area contributed by atoms with Gasteiger partial charge in [0.15, 0.2) is 0 Å². The van der Waals surface area contributed by atoms with Crippen LogP contribution in [-0.4, -0.2) is 38.5 Å². The van der Waals surface area contributed by atoms with E-state index in [9.17, 15) is 9.59 Å². The number of hydrogen-bond donors (Lipinski definition) is 2. The third-order valence-electron chi connectivity index (χ3n) is 2.99. The van der Waals surface area contributed by atoms with Gasteiger partial charge in [-0.15, -0.1) is 0 Å². The summed E-state index contributed by atoms with van der Waals surface area (Å²) in [6, 6.07) is 0. The van der Waals surface area contributed by atoms with Crippen molar-refractivity contribution in [2.75, 3.05) is 26.3 Å². The summed E-state index contributed by atoms with van der Waals surface area (Å²) >= 11 is 0. The molecule has 0 aliphatic carbocycles. The highest BCUT2D eigenvalue weighted by molar-refractivity contribution is 5.67. The molecule has 1 atom stereocenters. The molecule has 0 saturated carbocycles. The number of alkyl carbamates (subject to hydrolysis) is 2. The number of carbonyl (C=O) groups excluding carboxylic acids is 2. The molecule has 0 saturated heterocycles. The Hall–Kier alpha value is -1.46. The predicted octanol–water partition coefficient (Wildman–Crippen LogP) is 2.92. The molecule has 2 N–H and O–H groups in total. The van der Waals surface area contributed by atoms with Crippen LogP contribution in [0.5, 0.6) is 0 Å². The fourth-order valence-electron chi connectivity index (χ4n) is 2.14. The summed E-state index contributed by atoms with van der Waals surface area (Å²) in [4.78, 5) is 22.6. The molecule has 6 heteroatoms. The summed E-state index contributed by atoms with van der Waals surface area (Å²) in [6.45, 7) is 7.56. The average Bonchev–Trinajstić information content (AvgIpc) is 2.48. The van der Waals surface area contributed by atoms with Crippen molar-refractivity contribution in [3.63, 3.8) is 0 Å². The van der Waals surface area contributed by atoms with Crippen LogP contribution in [0.3, 0.4) is 0 Å². The van der Waals surface area contributed by atoms with Crippen LogP contribution in [0.25, 0.3) is 0 Å². The van der Waals surface area contributed by atoms with Gasteiger partial charge in [0, 0.05) is 15.8 Å². The van der Waals surface area contributed by atoms with Crippen molar-refractivity contribution in [1.82, 2.24) is 10.6 Å². The minimum absolute atomic E-state index is 0.0606. The van der Waals surface area contributed by atoms with Gasteiger partial charge in [-0.25, -0.2) is 9.59 Å². The van der Waals surface area contributed by atoms with Gasteiger partial charge >= 0.3 is 12.2 Å². The Morgan fingerprint density at radius 1 is 1.14 bits per heavy atom. The van der Waals surface area contributed by atoms with Crippen molar-refractivity contribution in [1.29, 1.82) is 0 Å². The molecule has 1 unspecified atom stereocenters. The van der Waals surface area contributed by atoms with E-state index in [0.717, 1.165) is 12.8 Å². The molecule has 0 aliphatic heterocycles. The lowest BCUT2D eigenvalue weighted by Gasteiger charge is -2.28. The second-order valence-electron chi connectivity index (χ2n) is 5.81. The van der Waals surface area contributed by atoms with Gasteiger partial charge in [-0.2, -0.15) is 0 Å². The van der Waals surface area contributed by atoms with E-state index < -0.39 is 12.2 Å². The van der Waals surface area contributed by atoms with E-state index in [-0.39, 0.29) is 32.4 Å². The molecule has 0 bridgehead atoms. The Morgan fingerprint density at radius 3 is 2.29 bits per heavy atom. The Kier molecular flexibility index (Phi) is 7.80. The first-order chi connectivity index (χ1) is 10.8. The van der Waals surface area contributed by atoms with E-state index >= 15 is 0 Å². The van der Waals surface area contributed by atoms with Crippen LogP contribution >= 0.6 is 0 Å². The standard InChI is InChI=1S/C15H30N2O4/c1-6-20-13(18)16-9-8-12(3)10-15(4,5)11-17-14(19)21-7-2/h12H,6-11H2,1-5H3,(H,16,18)(H,17,19)/i1D,2D. The number of amides is 2. The molecule has 0 spiro atoms. The van der Waals surface area contributed by atoms with Gasteiger partial charge in [0.05, 0.1) is 13.2 Å². The van der Waals surface area contributed by atoms with Gasteiger partial charge in [0.1, 0.15) is 0 Å². The third kappa shape index (κ3) is 10.9. The quantitative estimate of drug-likeness (QED) is 0.686. The van der Waals surface area contributed by atoms with Crippen LogP contribution in [0.4, 0.5) is 9.59 Å². The number of carbonyl (C=O) groups is 2. The number of hydrogen-bond acceptors (Lipinski definition) is 4. The number of ether oxygens (including phenoxy) is 2. The first-order valence-corrected chi connectivity index (χ1v) is 7.20. The van der Waals surface area contributed by atoms with E-state index in [1.54, 1.807) is 0 Å². The monoisotopic (exact) mass is 304 g/mol. The van der Waals surface area contributed by atoms with Crippen molar-refractivity contribution in [2.24, 2.45) is 11.3 Å². The molecular weight excluding hydrogens is 272 g/mol. The van der Waals surface area contributed by atoms with E-state index in [1.165, 1.54) is 0 Å². The van der Waals surface area contributed by atoms with Gasteiger partial charge in [-0.05, 0) is 38.0 Å². The molecule has 0 rings (SSSR count). The van der Waals surface area contributed by atoms with Crippen LogP contribution in [-0.2, 0) is 9.47 Å². The van der Waals surface area contributed by atoms with Crippen LogP contribution in [0, 0.1) is 11.3 Å². The van der Waals surface area contributed by atoms with Gasteiger partial charge in [0.25, 0.3) is 0 Å². The molecule has 124 valence electrons. The van der Waals surface area contributed by atoms with Gasteiger partial charge in [-0.3, -0.25) is 0 Å². The normalized spacial score (nSPS) is 13.7. The fourth-order valence-corrected chi connectivity index (χ4v) is 2.14. The Morgan fingerprint density at radius 2 is 1.71 bits per heavy atom. The SMILES string of the molecule is [2H]CCOC(=O)NCCC(C)CC(C)(C)CNC(=O)OCC[2H]. The lowest BCUT2D eigenvalue weighted by atomic mass is 9.82. The molecule has 0 radical (unpaired) electrons. The Balaban J connectivity index is 3.90. The minimum atomic E-state index is -0.489. The third-order valence-corrected chi connectivity index (χ3v) is 2.99. The molecular formula is C15H30N2O4. The smallest absolute Gasteiger partial charge is 0.407 e. The van der Waals surface area contributed by atoms with Crippen molar-refractivity contribution in [3.05, 3.63) is 0 Å². The molecule has 0 heterocycles. The molecule has 6 nitrogen and oxygen atoms in total. The zero-order valence-electron chi connectivity index (χ0n) is 15.4. The maximum atomic E-state index is 11.4. The highest BCUT2D eigenvalue weighted by atomic mass is 16.5. The molecule has 0 fully saturated rings. The molecule has 0 aromatic rings. The predicted molar refractivity (Wildman–Crippen MR) is 82.2 cm³/mol. The van der Waals surface area contributed by atoms with E-state index in [1.807, 2.05) is 0 Å². The highest BCUT2D eigenvalue weighted by Gasteiger charge is 2.22. The molecule has 0 aromatic carbocycles. The first-order valence-electron chi connectivity index (χ1n) is 8.62. The summed E-state index contributed by atoms with van der Waals surface area (Å²) in [5.74, 6) is 0.368. The van der Waals surface area contributed by atoms with Crippen LogP contribution < -0.4 is 10.6 Å². The molecule has 0 aromatic heterocycles. The Bertz CT molecular complexity index is 354. The highest BCUT2D eigenvalue weighted by Crippen LogP contribution is 2.26. The van der Waals surface area contributed by atoms with E-state index in [2.05, 4.69) is 31.4 Å². The topological polar surface area (TPSA) is 76.7 Å². The van der Waals surface area contributed by atoms with Gasteiger partial charge < -0.3 is 20.1 Å². The largest absolute Gasteiger partial charge is 0.450 e. The zero-order chi connectivity index (χ0) is 17.7. The summed E-state index contributed by atoms with van der Waals surface area (Å²) in [5, 5.41) is 5.36. The second kappa shape index (κ2) is 10.3. The number of nitrogens with one attached hydrogen (secondary N) is 2. The minimum Gasteiger partial charge on any atom is -0.450 e. The van der Waals surface area contributed by atoms with E-state index in [0.29, 0.717) is 19.0 Å². The molecule has 0 aliphatic rings. The number of rotatable bonds is 9. The Labute approximate surface area is 130 Å². The summed E-state index contributed by atoms with van der Waals surface area (Å²) < 4.78 is 23.4. The van der Waals surface area contributed by atoms with Gasteiger partial charge in [0.2, 0.25) is 0 Å². The summed E-state index contributed by atoms with van der Waals surface area (Å²) in [6.07, 6.45) is 0.719. The van der Waals surface area contributed by atoms with Crippen LogP contribution in [0.15, 0.2) is 0 Å². The van der Waals surface area contributed by atoms with Crippen LogP contribution in [0.1, 0.15) is 50.2 Å². The summed E-state index contributed by atoms with van der Waals surface area (Å²) in [7, 11) is 0. The van der Waals surface area contributed by atoms with Crippen molar-refractivity contribution in [2.45, 2.75) is 47.4 Å². The van der Waals surface area contributed by atoms with Crippen LogP contribution in [0.2, 0.25) is 0 Å². The van der Waals surface area contributed by atoms with Crippen molar-refractivity contribution >= 4 is 12.2 Å². The first kappa shape index (κ1) is 15.9. The lowest BCUT2D eigenvalue weighted by molar-refractivity contribution is 0.143. The maximum absolute atomic E-state index is 11.4.